The Bertz CT molecular complexity index is 737. The second kappa shape index (κ2) is 8.31. The van der Waals surface area contributed by atoms with Gasteiger partial charge < -0.3 is 19.8 Å². The van der Waals surface area contributed by atoms with E-state index in [0.29, 0.717) is 36.7 Å². The summed E-state index contributed by atoms with van der Waals surface area (Å²) in [5.74, 6) is 0.474. The molecule has 0 saturated carbocycles. The number of furan rings is 1. The first-order valence-corrected chi connectivity index (χ1v) is 9.46. The van der Waals surface area contributed by atoms with E-state index in [-0.39, 0.29) is 11.9 Å². The Hall–Kier alpha value is -2.12. The lowest BCUT2D eigenvalue weighted by atomic mass is 10.1. The van der Waals surface area contributed by atoms with Gasteiger partial charge >= 0.3 is 5.97 Å². The lowest BCUT2D eigenvalue weighted by molar-refractivity contribution is -0.671. The van der Waals surface area contributed by atoms with E-state index in [0.717, 1.165) is 30.6 Å². The highest BCUT2D eigenvalue weighted by atomic mass is 32.1. The number of carbonyl (C=O) groups is 2. The Morgan fingerprint density at radius 3 is 3.04 bits per heavy atom. The SMILES string of the molecule is CCOC(=O)c1c(NC(=O)CC[NH2+]Cc2ccco2)sc2c1CCC2. The van der Waals surface area contributed by atoms with Crippen LogP contribution in [0.5, 0.6) is 0 Å². The van der Waals surface area contributed by atoms with Crippen molar-refractivity contribution in [2.75, 3.05) is 18.5 Å². The predicted molar refractivity (Wildman–Crippen MR) is 94.8 cm³/mol. The third-order valence-corrected chi connectivity index (χ3v) is 5.36. The van der Waals surface area contributed by atoms with Crippen molar-refractivity contribution in [3.63, 3.8) is 0 Å². The van der Waals surface area contributed by atoms with E-state index in [1.54, 1.807) is 13.2 Å². The van der Waals surface area contributed by atoms with Gasteiger partial charge in [0.2, 0.25) is 5.91 Å². The Morgan fingerprint density at radius 1 is 1.40 bits per heavy atom. The molecule has 0 atom stereocenters. The summed E-state index contributed by atoms with van der Waals surface area (Å²) in [5.41, 5.74) is 1.62. The fraction of sp³-hybridized carbons (Fsp3) is 0.444. The van der Waals surface area contributed by atoms with Crippen LogP contribution in [0.3, 0.4) is 0 Å². The maximum Gasteiger partial charge on any atom is 0.341 e. The Balaban J connectivity index is 1.56. The molecule has 0 bridgehead atoms. The quantitative estimate of drug-likeness (QED) is 0.556. The summed E-state index contributed by atoms with van der Waals surface area (Å²) in [5, 5.41) is 5.57. The van der Waals surface area contributed by atoms with Gasteiger partial charge in [-0.3, -0.25) is 4.79 Å². The number of amides is 1. The second-order valence-electron chi connectivity index (χ2n) is 5.94. The first-order chi connectivity index (χ1) is 12.2. The molecule has 3 rings (SSSR count). The van der Waals surface area contributed by atoms with Crippen LogP contribution in [0.25, 0.3) is 0 Å². The first kappa shape index (κ1) is 17.7. The molecule has 2 aromatic heterocycles. The largest absolute Gasteiger partial charge is 0.463 e. The van der Waals surface area contributed by atoms with Crippen LogP contribution in [-0.2, 0) is 28.9 Å². The minimum absolute atomic E-state index is 0.0823. The summed E-state index contributed by atoms with van der Waals surface area (Å²) >= 11 is 1.51. The van der Waals surface area contributed by atoms with E-state index >= 15 is 0 Å². The number of hydrogen-bond donors (Lipinski definition) is 2. The molecule has 0 aliphatic heterocycles. The van der Waals surface area contributed by atoms with E-state index in [2.05, 4.69) is 5.32 Å². The molecule has 0 aromatic carbocycles. The summed E-state index contributed by atoms with van der Waals surface area (Å²) in [6.45, 7) is 3.49. The zero-order chi connectivity index (χ0) is 17.6. The Labute approximate surface area is 150 Å². The number of thiophene rings is 1. The summed E-state index contributed by atoms with van der Waals surface area (Å²) in [6.07, 6.45) is 4.93. The smallest absolute Gasteiger partial charge is 0.341 e. The summed E-state index contributed by atoms with van der Waals surface area (Å²) in [7, 11) is 0. The lowest BCUT2D eigenvalue weighted by Crippen LogP contribution is -2.82. The number of nitrogens with two attached hydrogens (primary N) is 1. The number of rotatable bonds is 8. The molecule has 0 fully saturated rings. The maximum atomic E-state index is 12.3. The maximum absolute atomic E-state index is 12.3. The molecule has 2 aromatic rings. The van der Waals surface area contributed by atoms with Crippen LogP contribution < -0.4 is 10.6 Å². The first-order valence-electron chi connectivity index (χ1n) is 8.64. The number of fused-ring (bicyclic) bond motifs is 1. The van der Waals surface area contributed by atoms with Crippen LogP contribution in [0.1, 0.15) is 46.3 Å². The lowest BCUT2D eigenvalue weighted by Gasteiger charge is -2.07. The molecule has 1 amide bonds. The summed E-state index contributed by atoms with van der Waals surface area (Å²) < 4.78 is 10.4. The molecule has 0 saturated heterocycles. The number of anilines is 1. The molecule has 2 heterocycles. The van der Waals surface area contributed by atoms with E-state index in [9.17, 15) is 9.59 Å². The molecular formula is C18H23N2O4S+. The number of hydrogen-bond acceptors (Lipinski definition) is 5. The van der Waals surface area contributed by atoms with Gasteiger partial charge in [0, 0.05) is 4.88 Å². The van der Waals surface area contributed by atoms with Gasteiger partial charge in [0.25, 0.3) is 0 Å². The average molecular weight is 363 g/mol. The van der Waals surface area contributed by atoms with Gasteiger partial charge in [-0.2, -0.15) is 0 Å². The van der Waals surface area contributed by atoms with Gasteiger partial charge in [-0.1, -0.05) is 0 Å². The van der Waals surface area contributed by atoms with Crippen LogP contribution >= 0.6 is 11.3 Å². The summed E-state index contributed by atoms with van der Waals surface area (Å²) in [4.78, 5) is 25.7. The van der Waals surface area contributed by atoms with Gasteiger partial charge in [0.15, 0.2) is 5.76 Å². The molecule has 0 unspecified atom stereocenters. The van der Waals surface area contributed by atoms with Crippen molar-refractivity contribution in [3.8, 4) is 0 Å². The minimum Gasteiger partial charge on any atom is -0.463 e. The second-order valence-corrected chi connectivity index (χ2v) is 7.05. The van der Waals surface area contributed by atoms with Crippen molar-refractivity contribution in [1.29, 1.82) is 0 Å². The van der Waals surface area contributed by atoms with Gasteiger partial charge in [-0.05, 0) is 43.9 Å². The molecule has 7 heteroatoms. The molecule has 1 aliphatic carbocycles. The highest BCUT2D eigenvalue weighted by Crippen LogP contribution is 2.39. The number of carbonyl (C=O) groups excluding carboxylic acids is 2. The molecule has 6 nitrogen and oxygen atoms in total. The topological polar surface area (TPSA) is 85.1 Å². The fourth-order valence-electron chi connectivity index (χ4n) is 3.01. The van der Waals surface area contributed by atoms with Crippen molar-refractivity contribution in [1.82, 2.24) is 0 Å². The van der Waals surface area contributed by atoms with Gasteiger partial charge in [-0.15, -0.1) is 11.3 Å². The zero-order valence-corrected chi connectivity index (χ0v) is 15.1. The van der Waals surface area contributed by atoms with Crippen molar-refractivity contribution < 1.29 is 24.1 Å². The van der Waals surface area contributed by atoms with Gasteiger partial charge in [-0.25, -0.2) is 4.79 Å². The molecule has 25 heavy (non-hydrogen) atoms. The average Bonchev–Trinajstić information content (AvgIpc) is 3.28. The number of quaternary nitrogens is 1. The van der Waals surface area contributed by atoms with E-state index in [1.165, 1.54) is 16.2 Å². The van der Waals surface area contributed by atoms with Crippen LogP contribution in [0.4, 0.5) is 5.00 Å². The van der Waals surface area contributed by atoms with Crippen LogP contribution in [0.15, 0.2) is 22.8 Å². The number of nitrogens with one attached hydrogen (secondary N) is 1. The zero-order valence-electron chi connectivity index (χ0n) is 14.3. The number of ether oxygens (including phenoxy) is 1. The van der Waals surface area contributed by atoms with Crippen molar-refractivity contribution in [3.05, 3.63) is 40.2 Å². The third-order valence-electron chi connectivity index (χ3n) is 4.15. The van der Waals surface area contributed by atoms with Crippen molar-refractivity contribution in [2.45, 2.75) is 39.2 Å². The van der Waals surface area contributed by atoms with E-state index in [1.807, 2.05) is 17.4 Å². The van der Waals surface area contributed by atoms with E-state index in [4.69, 9.17) is 9.15 Å². The van der Waals surface area contributed by atoms with Gasteiger partial charge in [0.05, 0.1) is 31.4 Å². The molecule has 0 spiro atoms. The Morgan fingerprint density at radius 2 is 2.28 bits per heavy atom. The van der Waals surface area contributed by atoms with Crippen LogP contribution in [0, 0.1) is 0 Å². The molecule has 1 aliphatic rings. The minimum atomic E-state index is -0.332. The van der Waals surface area contributed by atoms with Crippen molar-refractivity contribution >= 4 is 28.2 Å². The number of esters is 1. The normalized spacial score (nSPS) is 12.8. The number of aryl methyl sites for hydroxylation is 1. The summed E-state index contributed by atoms with van der Waals surface area (Å²) in [6, 6.07) is 3.76. The highest BCUT2D eigenvalue weighted by Gasteiger charge is 2.28. The van der Waals surface area contributed by atoms with Gasteiger partial charge in [0.1, 0.15) is 11.5 Å². The molecular weight excluding hydrogens is 340 g/mol. The van der Waals surface area contributed by atoms with E-state index < -0.39 is 0 Å². The highest BCUT2D eigenvalue weighted by molar-refractivity contribution is 7.17. The fourth-order valence-corrected chi connectivity index (χ4v) is 4.30. The monoisotopic (exact) mass is 363 g/mol. The molecule has 134 valence electrons. The third kappa shape index (κ3) is 4.29. The predicted octanol–water partition coefficient (Wildman–Crippen LogP) is 2.10. The van der Waals surface area contributed by atoms with Crippen molar-refractivity contribution in [2.24, 2.45) is 0 Å². The standard InChI is InChI=1S/C18H22N2O4S/c1-2-23-18(22)16-13-6-3-7-14(13)25-17(16)20-15(21)8-9-19-11-12-5-4-10-24-12/h4-5,10,19H,2-3,6-9,11H2,1H3,(H,20,21)/p+1. The van der Waals surface area contributed by atoms with Crippen LogP contribution in [-0.4, -0.2) is 25.0 Å². The Kier molecular flexibility index (Phi) is 5.88. The molecule has 0 radical (unpaired) electrons. The van der Waals surface area contributed by atoms with Crippen LogP contribution in [0.2, 0.25) is 0 Å². The molecule has 3 N–H and O–H groups in total.